The van der Waals surface area contributed by atoms with Crippen LogP contribution in [0.2, 0.25) is 0 Å². The molecule has 0 aliphatic heterocycles. The molecule has 0 spiro atoms. The van der Waals surface area contributed by atoms with Crippen molar-refractivity contribution in [3.63, 3.8) is 0 Å². The van der Waals surface area contributed by atoms with Crippen LogP contribution in [-0.2, 0) is 9.53 Å². The molecule has 3 rings (SSSR count). The van der Waals surface area contributed by atoms with E-state index in [0.717, 1.165) is 24.8 Å². The van der Waals surface area contributed by atoms with E-state index in [1.54, 1.807) is 12.1 Å². The van der Waals surface area contributed by atoms with Gasteiger partial charge in [-0.05, 0) is 30.5 Å². The van der Waals surface area contributed by atoms with Crippen molar-refractivity contribution < 1.29 is 14.3 Å². The van der Waals surface area contributed by atoms with Crippen LogP contribution in [0.4, 0.5) is 0 Å². The van der Waals surface area contributed by atoms with Crippen molar-refractivity contribution in [1.82, 2.24) is 5.32 Å². The van der Waals surface area contributed by atoms with E-state index >= 15 is 0 Å². The molecule has 130 valence electrons. The molecule has 1 amide bonds. The van der Waals surface area contributed by atoms with E-state index in [-0.39, 0.29) is 17.8 Å². The minimum atomic E-state index is -1.03. The fourth-order valence-electron chi connectivity index (χ4n) is 3.80. The fourth-order valence-corrected chi connectivity index (χ4v) is 3.80. The van der Waals surface area contributed by atoms with Crippen LogP contribution in [0, 0.1) is 0 Å². The number of ether oxygens (including phenoxy) is 1. The molecule has 1 aliphatic carbocycles. The van der Waals surface area contributed by atoms with E-state index in [1.807, 2.05) is 48.5 Å². The van der Waals surface area contributed by atoms with Crippen LogP contribution < -0.4 is 5.32 Å². The first-order valence-electron chi connectivity index (χ1n) is 8.68. The van der Waals surface area contributed by atoms with Crippen molar-refractivity contribution in [2.45, 2.75) is 37.1 Å². The maximum Gasteiger partial charge on any atom is 0.332 e. The zero-order valence-corrected chi connectivity index (χ0v) is 14.4. The van der Waals surface area contributed by atoms with Crippen LogP contribution in [0.5, 0.6) is 0 Å². The van der Waals surface area contributed by atoms with Gasteiger partial charge in [0.1, 0.15) is 5.54 Å². The van der Waals surface area contributed by atoms with Gasteiger partial charge in [0.15, 0.2) is 0 Å². The summed E-state index contributed by atoms with van der Waals surface area (Å²) in [5.74, 6) is -0.707. The Bertz CT molecular complexity index is 729. The summed E-state index contributed by atoms with van der Waals surface area (Å²) < 4.78 is 5.13. The Labute approximate surface area is 148 Å². The lowest BCUT2D eigenvalue weighted by Crippen LogP contribution is -2.60. The molecule has 2 aromatic rings. The molecule has 2 atom stereocenters. The molecule has 2 aromatic carbocycles. The smallest absolute Gasteiger partial charge is 0.332 e. The number of esters is 1. The molecule has 1 aliphatic rings. The fraction of sp³-hybridized carbons (Fsp3) is 0.333. The molecule has 1 N–H and O–H groups in total. The SMILES string of the molecule is COC(=O)[C@@]1(NC(=O)c2ccccc2)CCCC[C@@H]1c1ccccc1. The number of methoxy groups -OCH3 is 1. The number of rotatable bonds is 4. The lowest BCUT2D eigenvalue weighted by atomic mass is 9.69. The summed E-state index contributed by atoms with van der Waals surface area (Å²) in [5.41, 5.74) is 0.575. The number of hydrogen-bond donors (Lipinski definition) is 1. The van der Waals surface area contributed by atoms with Crippen LogP contribution >= 0.6 is 0 Å². The quantitative estimate of drug-likeness (QED) is 0.866. The van der Waals surface area contributed by atoms with Gasteiger partial charge in [0.2, 0.25) is 0 Å². The molecular formula is C21H23NO3. The summed E-state index contributed by atoms with van der Waals surface area (Å²) >= 11 is 0. The van der Waals surface area contributed by atoms with Crippen LogP contribution in [0.25, 0.3) is 0 Å². The average Bonchev–Trinajstić information content (AvgIpc) is 2.69. The third-order valence-corrected chi connectivity index (χ3v) is 5.03. The first kappa shape index (κ1) is 17.2. The molecular weight excluding hydrogens is 314 g/mol. The van der Waals surface area contributed by atoms with Crippen LogP contribution in [0.15, 0.2) is 60.7 Å². The largest absolute Gasteiger partial charge is 0.467 e. The Kier molecular flexibility index (Phi) is 5.17. The van der Waals surface area contributed by atoms with Crippen molar-refractivity contribution in [3.05, 3.63) is 71.8 Å². The normalized spacial score (nSPS) is 22.8. The van der Waals surface area contributed by atoms with E-state index in [9.17, 15) is 9.59 Å². The monoisotopic (exact) mass is 337 g/mol. The molecule has 0 unspecified atom stereocenters. The van der Waals surface area contributed by atoms with Crippen LogP contribution in [0.3, 0.4) is 0 Å². The predicted molar refractivity (Wildman–Crippen MR) is 96.3 cm³/mol. The van der Waals surface area contributed by atoms with E-state index in [4.69, 9.17) is 4.74 Å². The van der Waals surface area contributed by atoms with Gasteiger partial charge in [0, 0.05) is 11.5 Å². The Morgan fingerprint density at radius 2 is 1.64 bits per heavy atom. The Morgan fingerprint density at radius 1 is 1.00 bits per heavy atom. The maximum atomic E-state index is 12.8. The van der Waals surface area contributed by atoms with Crippen molar-refractivity contribution in [2.75, 3.05) is 7.11 Å². The average molecular weight is 337 g/mol. The number of amides is 1. The Hall–Kier alpha value is -2.62. The third-order valence-electron chi connectivity index (χ3n) is 5.03. The van der Waals surface area contributed by atoms with E-state index in [0.29, 0.717) is 12.0 Å². The minimum Gasteiger partial charge on any atom is -0.467 e. The van der Waals surface area contributed by atoms with Crippen LogP contribution in [0.1, 0.15) is 47.5 Å². The number of carbonyl (C=O) groups is 2. The highest BCUT2D eigenvalue weighted by molar-refractivity contribution is 5.98. The van der Waals surface area contributed by atoms with E-state index in [1.165, 1.54) is 7.11 Å². The minimum absolute atomic E-state index is 0.0948. The molecule has 0 bridgehead atoms. The number of nitrogens with one attached hydrogen (secondary N) is 1. The summed E-state index contributed by atoms with van der Waals surface area (Å²) in [6, 6.07) is 18.9. The van der Waals surface area contributed by atoms with Gasteiger partial charge in [-0.15, -0.1) is 0 Å². The van der Waals surface area contributed by atoms with E-state index in [2.05, 4.69) is 5.32 Å². The highest BCUT2D eigenvalue weighted by Crippen LogP contribution is 2.42. The van der Waals surface area contributed by atoms with Gasteiger partial charge in [-0.2, -0.15) is 0 Å². The highest BCUT2D eigenvalue weighted by atomic mass is 16.5. The molecule has 0 radical (unpaired) electrons. The van der Waals surface area contributed by atoms with Crippen molar-refractivity contribution >= 4 is 11.9 Å². The summed E-state index contributed by atoms with van der Waals surface area (Å²) in [5, 5.41) is 3.03. The number of hydrogen-bond acceptors (Lipinski definition) is 3. The molecule has 1 fully saturated rings. The second-order valence-corrected chi connectivity index (χ2v) is 6.49. The first-order chi connectivity index (χ1) is 12.2. The number of benzene rings is 2. The van der Waals surface area contributed by atoms with Crippen molar-refractivity contribution in [2.24, 2.45) is 0 Å². The summed E-state index contributed by atoms with van der Waals surface area (Å²) in [6.45, 7) is 0. The zero-order valence-electron chi connectivity index (χ0n) is 14.4. The first-order valence-corrected chi connectivity index (χ1v) is 8.68. The van der Waals surface area contributed by atoms with Crippen molar-refractivity contribution in [1.29, 1.82) is 0 Å². The van der Waals surface area contributed by atoms with E-state index < -0.39 is 5.54 Å². The molecule has 4 heteroatoms. The highest BCUT2D eigenvalue weighted by Gasteiger charge is 2.49. The summed E-state index contributed by atoms with van der Waals surface area (Å²) in [4.78, 5) is 25.6. The van der Waals surface area contributed by atoms with Gasteiger partial charge in [-0.3, -0.25) is 4.79 Å². The van der Waals surface area contributed by atoms with Gasteiger partial charge in [0.25, 0.3) is 5.91 Å². The molecule has 1 saturated carbocycles. The molecule has 0 aromatic heterocycles. The summed E-state index contributed by atoms with van der Waals surface area (Å²) in [7, 11) is 1.38. The Morgan fingerprint density at radius 3 is 2.28 bits per heavy atom. The predicted octanol–water partition coefficient (Wildman–Crippen LogP) is 3.69. The van der Waals surface area contributed by atoms with Crippen molar-refractivity contribution in [3.8, 4) is 0 Å². The van der Waals surface area contributed by atoms with Gasteiger partial charge < -0.3 is 10.1 Å². The molecule has 0 heterocycles. The molecule has 4 nitrogen and oxygen atoms in total. The standard InChI is InChI=1S/C21H23NO3/c1-25-20(24)21(22-19(23)17-12-6-3-7-13-17)15-9-8-14-18(21)16-10-4-2-5-11-16/h2-7,10-13,18H,8-9,14-15H2,1H3,(H,22,23)/t18-,21-/m1/s1. The maximum absolute atomic E-state index is 12.8. The number of carbonyl (C=O) groups excluding carboxylic acids is 2. The summed E-state index contributed by atoms with van der Waals surface area (Å²) in [6.07, 6.45) is 3.33. The third kappa shape index (κ3) is 3.43. The van der Waals surface area contributed by atoms with Gasteiger partial charge in [-0.1, -0.05) is 61.4 Å². The van der Waals surface area contributed by atoms with Crippen LogP contribution in [-0.4, -0.2) is 24.5 Å². The lowest BCUT2D eigenvalue weighted by Gasteiger charge is -2.42. The van der Waals surface area contributed by atoms with Gasteiger partial charge >= 0.3 is 5.97 Å². The second-order valence-electron chi connectivity index (χ2n) is 6.49. The van der Waals surface area contributed by atoms with Gasteiger partial charge in [-0.25, -0.2) is 4.79 Å². The zero-order chi connectivity index (χ0) is 17.7. The molecule has 0 saturated heterocycles. The topological polar surface area (TPSA) is 55.4 Å². The van der Waals surface area contributed by atoms with Gasteiger partial charge in [0.05, 0.1) is 7.11 Å². The molecule has 25 heavy (non-hydrogen) atoms. The lowest BCUT2D eigenvalue weighted by molar-refractivity contribution is -0.150. The Balaban J connectivity index is 1.99. The second kappa shape index (κ2) is 7.51.